The van der Waals surface area contributed by atoms with Crippen molar-refractivity contribution in [1.29, 1.82) is 0 Å². The molecule has 1 aliphatic rings. The number of carbonyl (C=O) groups is 1. The van der Waals surface area contributed by atoms with E-state index >= 15 is 0 Å². The molecule has 28 heavy (non-hydrogen) atoms. The molecule has 0 N–H and O–H groups in total. The van der Waals surface area contributed by atoms with Crippen molar-refractivity contribution in [3.05, 3.63) is 39.3 Å². The lowest BCUT2D eigenvalue weighted by molar-refractivity contribution is 0.0706. The lowest BCUT2D eigenvalue weighted by atomic mass is 9.98. The molecular weight excluding hydrogens is 396 g/mol. The van der Waals surface area contributed by atoms with Crippen LogP contribution in [0, 0.1) is 5.92 Å². The zero-order chi connectivity index (χ0) is 20.1. The van der Waals surface area contributed by atoms with Gasteiger partial charge in [0.05, 0.1) is 23.7 Å². The molecule has 1 aromatic heterocycles. The fourth-order valence-corrected chi connectivity index (χ4v) is 4.39. The Labute approximate surface area is 175 Å². The summed E-state index contributed by atoms with van der Waals surface area (Å²) in [5.41, 5.74) is 0.526. The van der Waals surface area contributed by atoms with Gasteiger partial charge in [-0.1, -0.05) is 25.4 Å². The second-order valence-corrected chi connectivity index (χ2v) is 8.81. The maximum Gasteiger partial charge on any atom is 0.254 e. The summed E-state index contributed by atoms with van der Waals surface area (Å²) in [6.07, 6.45) is 4.77. The van der Waals surface area contributed by atoms with Crippen molar-refractivity contribution >= 4 is 28.8 Å². The number of methoxy groups -OCH3 is 1. The molecule has 0 bridgehead atoms. The second-order valence-electron chi connectivity index (χ2n) is 7.48. The van der Waals surface area contributed by atoms with Crippen LogP contribution < -0.4 is 9.47 Å². The number of nitrogens with zero attached hydrogens (tertiary/aromatic N) is 2. The Kier molecular flexibility index (Phi) is 7.18. The first-order valence-electron chi connectivity index (χ1n) is 9.68. The van der Waals surface area contributed by atoms with Crippen LogP contribution in [0.4, 0.5) is 0 Å². The highest BCUT2D eigenvalue weighted by molar-refractivity contribution is 7.09. The smallest absolute Gasteiger partial charge is 0.254 e. The van der Waals surface area contributed by atoms with Gasteiger partial charge < -0.3 is 14.4 Å². The first kappa shape index (κ1) is 20.9. The zero-order valence-corrected chi connectivity index (χ0v) is 18.2. The van der Waals surface area contributed by atoms with Gasteiger partial charge in [-0.2, -0.15) is 0 Å². The van der Waals surface area contributed by atoms with Crippen molar-refractivity contribution < 1.29 is 14.3 Å². The average molecular weight is 423 g/mol. The summed E-state index contributed by atoms with van der Waals surface area (Å²) in [7, 11) is 1.56. The number of benzene rings is 1. The third-order valence-corrected chi connectivity index (χ3v) is 6.15. The summed E-state index contributed by atoms with van der Waals surface area (Å²) < 4.78 is 11.3. The third kappa shape index (κ3) is 4.97. The minimum absolute atomic E-state index is 0.0322. The van der Waals surface area contributed by atoms with E-state index in [2.05, 4.69) is 18.8 Å². The van der Waals surface area contributed by atoms with Crippen LogP contribution in [0.15, 0.2) is 23.7 Å². The van der Waals surface area contributed by atoms with Crippen molar-refractivity contribution in [2.45, 2.75) is 39.0 Å². The highest BCUT2D eigenvalue weighted by Crippen LogP contribution is 2.37. The molecule has 1 atom stereocenters. The Balaban J connectivity index is 1.75. The molecule has 1 unspecified atom stereocenters. The number of likely N-dealkylation sites (tertiary alicyclic amines) is 1. The number of hydrogen-bond donors (Lipinski definition) is 0. The Morgan fingerprint density at radius 3 is 2.93 bits per heavy atom. The average Bonchev–Trinajstić information content (AvgIpc) is 3.23. The Hall–Kier alpha value is -1.79. The lowest BCUT2D eigenvalue weighted by Crippen LogP contribution is -2.39. The number of carbonyl (C=O) groups excluding carboxylic acids is 1. The van der Waals surface area contributed by atoms with Gasteiger partial charge in [0.25, 0.3) is 5.91 Å². The van der Waals surface area contributed by atoms with E-state index in [4.69, 9.17) is 21.1 Å². The molecule has 1 aromatic carbocycles. The molecule has 0 saturated carbocycles. The van der Waals surface area contributed by atoms with Crippen molar-refractivity contribution in [2.75, 3.05) is 26.8 Å². The number of halogens is 1. The molecule has 1 saturated heterocycles. The monoisotopic (exact) mass is 422 g/mol. The predicted octanol–water partition coefficient (Wildman–Crippen LogP) is 5.25. The summed E-state index contributed by atoms with van der Waals surface area (Å²) in [5, 5.41) is 3.49. The molecule has 3 rings (SSSR count). The van der Waals surface area contributed by atoms with Crippen LogP contribution in [0.2, 0.25) is 5.02 Å². The Morgan fingerprint density at radius 1 is 1.43 bits per heavy atom. The van der Waals surface area contributed by atoms with Crippen LogP contribution in [0.3, 0.4) is 0 Å². The van der Waals surface area contributed by atoms with Crippen LogP contribution >= 0.6 is 22.9 Å². The molecule has 0 spiro atoms. The van der Waals surface area contributed by atoms with Crippen LogP contribution in [0.1, 0.15) is 54.4 Å². The van der Waals surface area contributed by atoms with Gasteiger partial charge >= 0.3 is 0 Å². The fourth-order valence-electron chi connectivity index (χ4n) is 3.36. The summed E-state index contributed by atoms with van der Waals surface area (Å²) in [5.74, 6) is 1.80. The van der Waals surface area contributed by atoms with E-state index < -0.39 is 0 Å². The lowest BCUT2D eigenvalue weighted by Gasteiger charge is -2.32. The maximum atomic E-state index is 13.1. The largest absolute Gasteiger partial charge is 0.493 e. The van der Waals surface area contributed by atoms with E-state index in [0.29, 0.717) is 47.1 Å². The van der Waals surface area contributed by atoms with E-state index in [9.17, 15) is 4.79 Å². The van der Waals surface area contributed by atoms with E-state index in [0.717, 1.165) is 30.8 Å². The summed E-state index contributed by atoms with van der Waals surface area (Å²) in [6, 6.07) is 3.41. The molecule has 1 amide bonds. The molecule has 2 aromatic rings. The number of aromatic nitrogens is 1. The molecule has 1 fully saturated rings. The minimum atomic E-state index is -0.0322. The minimum Gasteiger partial charge on any atom is -0.493 e. The molecule has 5 nitrogen and oxygen atoms in total. The van der Waals surface area contributed by atoms with Gasteiger partial charge in [0.15, 0.2) is 11.5 Å². The first-order chi connectivity index (χ1) is 13.5. The third-order valence-electron chi connectivity index (χ3n) is 4.93. The van der Waals surface area contributed by atoms with E-state index in [1.54, 1.807) is 30.6 Å². The van der Waals surface area contributed by atoms with Gasteiger partial charge in [-0.05, 0) is 37.3 Å². The quantitative estimate of drug-likeness (QED) is 0.611. The second kappa shape index (κ2) is 9.61. The van der Waals surface area contributed by atoms with Gasteiger partial charge in [-0.25, -0.2) is 4.98 Å². The number of ether oxygens (including phenoxy) is 2. The van der Waals surface area contributed by atoms with Crippen LogP contribution in [0.5, 0.6) is 11.5 Å². The summed E-state index contributed by atoms with van der Waals surface area (Å²) in [4.78, 5) is 19.4. The van der Waals surface area contributed by atoms with E-state index in [1.165, 1.54) is 0 Å². The standard InChI is InChI=1S/C21H27ClN2O3S/c1-14(2)6-9-27-19-17(22)11-16(12-18(19)26-3)21(25)24-8-4-5-15(13-24)20-23-7-10-28-20/h7,10-12,14-15H,4-6,8-9,13H2,1-3H3. The highest BCUT2D eigenvalue weighted by Gasteiger charge is 2.28. The van der Waals surface area contributed by atoms with Gasteiger partial charge in [0, 0.05) is 36.1 Å². The Bertz CT molecular complexity index is 795. The number of thiazole rings is 1. The van der Waals surface area contributed by atoms with Crippen LogP contribution in [0.25, 0.3) is 0 Å². The molecular formula is C21H27ClN2O3S. The molecule has 1 aliphatic heterocycles. The van der Waals surface area contributed by atoms with Crippen molar-refractivity contribution in [3.63, 3.8) is 0 Å². The van der Waals surface area contributed by atoms with Crippen molar-refractivity contribution in [2.24, 2.45) is 5.92 Å². The summed E-state index contributed by atoms with van der Waals surface area (Å²) in [6.45, 7) is 6.26. The van der Waals surface area contributed by atoms with Crippen LogP contribution in [-0.2, 0) is 0 Å². The number of amides is 1. The van der Waals surface area contributed by atoms with Gasteiger partial charge in [0.2, 0.25) is 0 Å². The SMILES string of the molecule is COc1cc(C(=O)N2CCCC(c3nccs3)C2)cc(Cl)c1OCCC(C)C. The highest BCUT2D eigenvalue weighted by atomic mass is 35.5. The first-order valence-corrected chi connectivity index (χ1v) is 10.9. The van der Waals surface area contributed by atoms with Gasteiger partial charge in [-0.15, -0.1) is 11.3 Å². The predicted molar refractivity (Wildman–Crippen MR) is 113 cm³/mol. The van der Waals surface area contributed by atoms with Crippen molar-refractivity contribution in [1.82, 2.24) is 9.88 Å². The molecule has 7 heteroatoms. The number of piperidine rings is 1. The fraction of sp³-hybridized carbons (Fsp3) is 0.524. The van der Waals surface area contributed by atoms with Crippen molar-refractivity contribution in [3.8, 4) is 11.5 Å². The Morgan fingerprint density at radius 2 is 2.25 bits per heavy atom. The van der Waals surface area contributed by atoms with Gasteiger partial charge in [-0.3, -0.25) is 4.79 Å². The topological polar surface area (TPSA) is 51.7 Å². The maximum absolute atomic E-state index is 13.1. The number of hydrogen-bond acceptors (Lipinski definition) is 5. The van der Waals surface area contributed by atoms with E-state index in [-0.39, 0.29) is 5.91 Å². The molecule has 0 radical (unpaired) electrons. The molecule has 152 valence electrons. The molecule has 0 aliphatic carbocycles. The van der Waals surface area contributed by atoms with Crippen LogP contribution in [-0.4, -0.2) is 42.6 Å². The number of rotatable bonds is 7. The normalized spacial score (nSPS) is 17.0. The summed E-state index contributed by atoms with van der Waals surface area (Å²) >= 11 is 8.09. The van der Waals surface area contributed by atoms with E-state index in [1.807, 2.05) is 16.5 Å². The van der Waals surface area contributed by atoms with Gasteiger partial charge in [0.1, 0.15) is 0 Å². The molecule has 2 heterocycles. The zero-order valence-electron chi connectivity index (χ0n) is 16.6.